The molecule has 25 heavy (non-hydrogen) atoms. The number of likely N-dealkylation sites (tertiary alicyclic amines) is 2. The van der Waals surface area contributed by atoms with Crippen molar-refractivity contribution in [1.29, 1.82) is 0 Å². The molecule has 7 heteroatoms. The number of hydrogen-bond donors (Lipinski definition) is 1. The maximum Gasteiger partial charge on any atom is 0.334 e. The molecule has 3 heterocycles. The third-order valence-electron chi connectivity index (χ3n) is 6.05. The van der Waals surface area contributed by atoms with Gasteiger partial charge in [0, 0.05) is 31.5 Å². The Morgan fingerprint density at radius 2 is 1.80 bits per heavy atom. The zero-order valence-electron chi connectivity index (χ0n) is 16.3. The highest BCUT2D eigenvalue weighted by atomic mass is 16.5. The maximum atomic E-state index is 10.2. The quantitative estimate of drug-likeness (QED) is 0.766. The SMILES string of the molecule is CN1CCC(N2CC(n3cc([B]OC(C)(C)C(C)(C)O)cn3)C2)CC1. The van der Waals surface area contributed by atoms with Gasteiger partial charge >= 0.3 is 7.48 Å². The van der Waals surface area contributed by atoms with Gasteiger partial charge in [0.1, 0.15) is 0 Å². The summed E-state index contributed by atoms with van der Waals surface area (Å²) in [6, 6.07) is 1.20. The molecule has 139 valence electrons. The van der Waals surface area contributed by atoms with Gasteiger partial charge in [0.15, 0.2) is 0 Å². The van der Waals surface area contributed by atoms with Crippen LogP contribution in [0, 0.1) is 0 Å². The third-order valence-corrected chi connectivity index (χ3v) is 6.05. The Labute approximate surface area is 152 Å². The minimum atomic E-state index is -0.915. The monoisotopic (exact) mass is 347 g/mol. The van der Waals surface area contributed by atoms with Crippen molar-refractivity contribution in [3.63, 3.8) is 0 Å². The molecule has 2 aliphatic rings. The first-order valence-corrected chi connectivity index (χ1v) is 9.36. The summed E-state index contributed by atoms with van der Waals surface area (Å²) in [4.78, 5) is 5.01. The molecule has 3 rings (SSSR count). The van der Waals surface area contributed by atoms with Crippen LogP contribution in [0.1, 0.15) is 46.6 Å². The second kappa shape index (κ2) is 7.03. The van der Waals surface area contributed by atoms with Crippen molar-refractivity contribution in [1.82, 2.24) is 19.6 Å². The molecular formula is C18H32BN4O2. The Morgan fingerprint density at radius 1 is 1.16 bits per heavy atom. The molecule has 0 spiro atoms. The molecule has 0 unspecified atom stereocenters. The molecule has 0 bridgehead atoms. The fourth-order valence-corrected chi connectivity index (χ4v) is 3.29. The van der Waals surface area contributed by atoms with E-state index in [1.807, 2.05) is 26.2 Å². The summed E-state index contributed by atoms with van der Waals surface area (Å²) in [7, 11) is 3.91. The molecule has 1 radical (unpaired) electrons. The Morgan fingerprint density at radius 3 is 2.40 bits per heavy atom. The van der Waals surface area contributed by atoms with E-state index in [4.69, 9.17) is 4.65 Å². The van der Waals surface area contributed by atoms with Crippen molar-refractivity contribution in [2.75, 3.05) is 33.2 Å². The Balaban J connectivity index is 1.47. The van der Waals surface area contributed by atoms with E-state index in [1.54, 1.807) is 21.3 Å². The number of nitrogens with zero attached hydrogens (tertiary/aromatic N) is 4. The van der Waals surface area contributed by atoms with Crippen LogP contribution >= 0.6 is 0 Å². The molecule has 0 aromatic carbocycles. The first kappa shape index (κ1) is 18.9. The van der Waals surface area contributed by atoms with Crippen molar-refractivity contribution in [2.24, 2.45) is 0 Å². The first-order valence-electron chi connectivity index (χ1n) is 9.36. The number of hydrogen-bond acceptors (Lipinski definition) is 5. The van der Waals surface area contributed by atoms with Crippen LogP contribution in [0.15, 0.2) is 12.4 Å². The molecule has 1 aromatic heterocycles. The van der Waals surface area contributed by atoms with E-state index in [0.29, 0.717) is 6.04 Å². The minimum Gasteiger partial charge on any atom is -0.427 e. The van der Waals surface area contributed by atoms with Gasteiger partial charge < -0.3 is 14.7 Å². The number of aliphatic hydroxyl groups is 1. The van der Waals surface area contributed by atoms with E-state index in [-0.39, 0.29) is 0 Å². The van der Waals surface area contributed by atoms with E-state index < -0.39 is 11.2 Å². The fourth-order valence-electron chi connectivity index (χ4n) is 3.29. The fraction of sp³-hybridized carbons (Fsp3) is 0.833. The van der Waals surface area contributed by atoms with Crippen molar-refractivity contribution in [2.45, 2.75) is 63.8 Å². The zero-order chi connectivity index (χ0) is 18.2. The largest absolute Gasteiger partial charge is 0.427 e. The normalized spacial score (nSPS) is 22.2. The van der Waals surface area contributed by atoms with Crippen molar-refractivity contribution in [3.8, 4) is 0 Å². The van der Waals surface area contributed by atoms with Gasteiger partial charge in [-0.3, -0.25) is 9.58 Å². The Kier molecular flexibility index (Phi) is 5.31. The number of piperidine rings is 1. The van der Waals surface area contributed by atoms with Crippen molar-refractivity contribution < 1.29 is 9.76 Å². The highest BCUT2D eigenvalue weighted by molar-refractivity contribution is 6.46. The van der Waals surface area contributed by atoms with Gasteiger partial charge in [-0.2, -0.15) is 5.10 Å². The molecule has 2 saturated heterocycles. The van der Waals surface area contributed by atoms with Crippen molar-refractivity contribution in [3.05, 3.63) is 12.4 Å². The lowest BCUT2D eigenvalue weighted by Gasteiger charge is -2.46. The Bertz CT molecular complexity index is 570. The summed E-state index contributed by atoms with van der Waals surface area (Å²) in [5.41, 5.74) is -0.631. The summed E-state index contributed by atoms with van der Waals surface area (Å²) in [5, 5.41) is 14.7. The molecule has 2 aliphatic heterocycles. The molecular weight excluding hydrogens is 315 g/mol. The summed E-state index contributed by atoms with van der Waals surface area (Å²) in [6.45, 7) is 11.9. The average Bonchev–Trinajstić information content (AvgIpc) is 2.93. The van der Waals surface area contributed by atoms with Gasteiger partial charge in [-0.05, 0) is 66.1 Å². The molecule has 1 aromatic rings. The first-order chi connectivity index (χ1) is 11.7. The van der Waals surface area contributed by atoms with Gasteiger partial charge in [0.25, 0.3) is 0 Å². The van der Waals surface area contributed by atoms with Gasteiger partial charge in [0.05, 0.1) is 17.2 Å². The van der Waals surface area contributed by atoms with Crippen LogP contribution in [0.5, 0.6) is 0 Å². The van der Waals surface area contributed by atoms with Crippen molar-refractivity contribution >= 4 is 12.9 Å². The zero-order valence-corrected chi connectivity index (χ0v) is 16.3. The average molecular weight is 347 g/mol. The van der Waals surface area contributed by atoms with Gasteiger partial charge in [-0.15, -0.1) is 0 Å². The van der Waals surface area contributed by atoms with Crippen LogP contribution in [0.4, 0.5) is 0 Å². The molecule has 0 amide bonds. The smallest absolute Gasteiger partial charge is 0.334 e. The van der Waals surface area contributed by atoms with Gasteiger partial charge in [-0.1, -0.05) is 0 Å². The van der Waals surface area contributed by atoms with Crippen LogP contribution < -0.4 is 5.46 Å². The lowest BCUT2D eigenvalue weighted by Crippen LogP contribution is -2.55. The molecule has 1 N–H and O–H groups in total. The molecule has 6 nitrogen and oxygen atoms in total. The molecule has 2 fully saturated rings. The van der Waals surface area contributed by atoms with Gasteiger partial charge in [-0.25, -0.2) is 0 Å². The summed E-state index contributed by atoms with van der Waals surface area (Å²) in [6.07, 6.45) is 6.43. The lowest BCUT2D eigenvalue weighted by atomic mass is 9.84. The third kappa shape index (κ3) is 4.27. The van der Waals surface area contributed by atoms with Crippen LogP contribution in [0.3, 0.4) is 0 Å². The molecule has 0 saturated carbocycles. The van der Waals surface area contributed by atoms with Crippen LogP contribution in [0.2, 0.25) is 0 Å². The van der Waals surface area contributed by atoms with E-state index in [0.717, 1.165) is 24.6 Å². The number of rotatable bonds is 6. The minimum absolute atomic E-state index is 0.462. The summed E-state index contributed by atoms with van der Waals surface area (Å²) >= 11 is 0. The second-order valence-corrected chi connectivity index (χ2v) is 8.70. The lowest BCUT2D eigenvalue weighted by molar-refractivity contribution is -0.0893. The molecule has 0 aliphatic carbocycles. The topological polar surface area (TPSA) is 53.8 Å². The Hall–Kier alpha value is -0.885. The van der Waals surface area contributed by atoms with Crippen LogP contribution in [-0.4, -0.2) is 82.6 Å². The predicted octanol–water partition coefficient (Wildman–Crippen LogP) is 0.645. The highest BCUT2D eigenvalue weighted by Gasteiger charge is 2.37. The van der Waals surface area contributed by atoms with E-state index >= 15 is 0 Å². The maximum absolute atomic E-state index is 10.2. The van der Waals surface area contributed by atoms with E-state index in [1.165, 1.54) is 25.9 Å². The standard InChI is InChI=1S/C18H32BN4O2/c1-17(2,24)18(3,4)25-19-14-10-20-23(11-14)16-12-22(13-16)15-6-8-21(5)9-7-15/h10-11,15-16,24H,6-9,12-13H2,1-5H3. The predicted molar refractivity (Wildman–Crippen MR) is 100 cm³/mol. The van der Waals surface area contributed by atoms with Crippen LogP contribution in [-0.2, 0) is 4.65 Å². The van der Waals surface area contributed by atoms with Gasteiger partial charge in [0.2, 0.25) is 0 Å². The molecule has 0 atom stereocenters. The summed E-state index contributed by atoms with van der Waals surface area (Å²) in [5.74, 6) is 0. The van der Waals surface area contributed by atoms with Crippen LogP contribution in [0.25, 0.3) is 0 Å². The summed E-state index contributed by atoms with van der Waals surface area (Å²) < 4.78 is 7.86. The second-order valence-electron chi connectivity index (χ2n) is 8.70. The van der Waals surface area contributed by atoms with E-state index in [2.05, 4.69) is 26.6 Å². The number of aromatic nitrogens is 2. The highest BCUT2D eigenvalue weighted by Crippen LogP contribution is 2.27. The van der Waals surface area contributed by atoms with E-state index in [9.17, 15) is 5.11 Å².